The van der Waals surface area contributed by atoms with E-state index in [1.807, 2.05) is 29.0 Å². The Morgan fingerprint density at radius 3 is 2.75 bits per heavy atom. The van der Waals surface area contributed by atoms with Crippen LogP contribution in [-0.4, -0.2) is 26.9 Å². The summed E-state index contributed by atoms with van der Waals surface area (Å²) < 4.78 is 2.05. The average Bonchev–Trinajstić information content (AvgIpc) is 3.02. The first-order valence-electron chi connectivity index (χ1n) is 7.57. The number of aromatic nitrogens is 2. The van der Waals surface area contributed by atoms with Gasteiger partial charge in [-0.05, 0) is 36.8 Å². The number of carbonyl (C=O) groups excluding carboxylic acids is 1. The number of fused-ring (bicyclic) bond motifs is 1. The van der Waals surface area contributed by atoms with E-state index in [9.17, 15) is 14.9 Å². The quantitative estimate of drug-likeness (QED) is 0.429. The van der Waals surface area contributed by atoms with Gasteiger partial charge in [-0.1, -0.05) is 0 Å². The SMILES string of the molecule is O=C(NCCCn1ccc2cccnc21)c1ccc([N+](=O)[O-])cc1. The Labute approximate surface area is 138 Å². The highest BCUT2D eigenvalue weighted by Gasteiger charge is 2.09. The summed E-state index contributed by atoms with van der Waals surface area (Å²) in [6.45, 7) is 1.27. The summed E-state index contributed by atoms with van der Waals surface area (Å²) in [6, 6.07) is 11.5. The number of benzene rings is 1. The molecule has 0 atom stereocenters. The predicted octanol–water partition coefficient (Wildman–Crippen LogP) is 2.76. The molecular weight excluding hydrogens is 308 g/mol. The van der Waals surface area contributed by atoms with Crippen LogP contribution in [0.4, 0.5) is 5.69 Å². The molecule has 0 aliphatic carbocycles. The predicted molar refractivity (Wildman–Crippen MR) is 89.8 cm³/mol. The van der Waals surface area contributed by atoms with Gasteiger partial charge in [-0.15, -0.1) is 0 Å². The largest absolute Gasteiger partial charge is 0.352 e. The van der Waals surface area contributed by atoms with Gasteiger partial charge in [-0.25, -0.2) is 4.98 Å². The molecule has 0 fully saturated rings. The van der Waals surface area contributed by atoms with Crippen LogP contribution in [0, 0.1) is 10.1 Å². The molecule has 0 saturated heterocycles. The third kappa shape index (κ3) is 3.40. The lowest BCUT2D eigenvalue weighted by Crippen LogP contribution is -2.25. The fourth-order valence-electron chi connectivity index (χ4n) is 2.49. The summed E-state index contributed by atoms with van der Waals surface area (Å²) in [4.78, 5) is 26.5. The highest BCUT2D eigenvalue weighted by atomic mass is 16.6. The van der Waals surface area contributed by atoms with Gasteiger partial charge in [-0.3, -0.25) is 14.9 Å². The summed E-state index contributed by atoms with van der Waals surface area (Å²) in [7, 11) is 0. The number of nitrogens with zero attached hydrogens (tertiary/aromatic N) is 3. The van der Waals surface area contributed by atoms with Gasteiger partial charge < -0.3 is 9.88 Å². The van der Waals surface area contributed by atoms with Crippen molar-refractivity contribution in [2.24, 2.45) is 0 Å². The first kappa shape index (κ1) is 15.7. The van der Waals surface area contributed by atoms with Crippen LogP contribution in [0.5, 0.6) is 0 Å². The molecule has 2 heterocycles. The summed E-state index contributed by atoms with van der Waals surface area (Å²) in [6.07, 6.45) is 4.50. The standard InChI is InChI=1S/C17H16N4O3/c22-17(14-4-6-15(7-5-14)21(23)24)19-10-2-11-20-12-8-13-3-1-9-18-16(13)20/h1,3-9,12H,2,10-11H2,(H,19,22). The Morgan fingerprint density at radius 2 is 2.00 bits per heavy atom. The van der Waals surface area contributed by atoms with Gasteiger partial charge in [0.25, 0.3) is 11.6 Å². The Kier molecular flexibility index (Phi) is 4.51. The van der Waals surface area contributed by atoms with Crippen molar-refractivity contribution in [3.05, 3.63) is 70.5 Å². The molecule has 0 spiro atoms. The minimum atomic E-state index is -0.489. The molecule has 0 saturated carbocycles. The normalized spacial score (nSPS) is 10.7. The zero-order valence-corrected chi connectivity index (χ0v) is 12.9. The molecule has 2 aromatic heterocycles. The van der Waals surface area contributed by atoms with Gasteiger partial charge in [0, 0.05) is 48.6 Å². The molecule has 7 heteroatoms. The smallest absolute Gasteiger partial charge is 0.269 e. The number of nitro groups is 1. The van der Waals surface area contributed by atoms with Crippen LogP contribution in [0.15, 0.2) is 54.9 Å². The highest BCUT2D eigenvalue weighted by Crippen LogP contribution is 2.13. The van der Waals surface area contributed by atoms with Gasteiger partial charge in [-0.2, -0.15) is 0 Å². The van der Waals surface area contributed by atoms with Crippen LogP contribution in [0.2, 0.25) is 0 Å². The molecule has 3 aromatic rings. The van der Waals surface area contributed by atoms with E-state index < -0.39 is 4.92 Å². The van der Waals surface area contributed by atoms with Gasteiger partial charge in [0.2, 0.25) is 0 Å². The van der Waals surface area contributed by atoms with Crippen LogP contribution in [0.25, 0.3) is 11.0 Å². The number of nitrogens with one attached hydrogen (secondary N) is 1. The van der Waals surface area contributed by atoms with Crippen molar-refractivity contribution in [3.8, 4) is 0 Å². The van der Waals surface area contributed by atoms with E-state index in [2.05, 4.69) is 10.3 Å². The average molecular weight is 324 g/mol. The molecule has 0 unspecified atom stereocenters. The molecule has 1 amide bonds. The Hall–Kier alpha value is -3.22. The number of pyridine rings is 1. The first-order valence-corrected chi connectivity index (χ1v) is 7.57. The number of carbonyl (C=O) groups is 1. The maximum atomic E-state index is 12.0. The number of hydrogen-bond donors (Lipinski definition) is 1. The van der Waals surface area contributed by atoms with Gasteiger partial charge in [0.05, 0.1) is 4.92 Å². The van der Waals surface area contributed by atoms with Crippen molar-refractivity contribution >= 4 is 22.6 Å². The lowest BCUT2D eigenvalue weighted by atomic mass is 10.2. The molecule has 0 aliphatic heterocycles. The van der Waals surface area contributed by atoms with E-state index in [-0.39, 0.29) is 11.6 Å². The molecule has 122 valence electrons. The van der Waals surface area contributed by atoms with Crippen LogP contribution >= 0.6 is 0 Å². The molecule has 3 rings (SSSR count). The third-order valence-corrected chi connectivity index (χ3v) is 3.72. The lowest BCUT2D eigenvalue weighted by Gasteiger charge is -2.07. The molecule has 0 aliphatic rings. The van der Waals surface area contributed by atoms with Gasteiger partial charge in [0.1, 0.15) is 5.65 Å². The van der Waals surface area contributed by atoms with Gasteiger partial charge >= 0.3 is 0 Å². The Morgan fingerprint density at radius 1 is 1.21 bits per heavy atom. The summed E-state index contributed by atoms with van der Waals surface area (Å²) >= 11 is 0. The second kappa shape index (κ2) is 6.91. The molecule has 1 N–H and O–H groups in total. The summed E-state index contributed by atoms with van der Waals surface area (Å²) in [5.41, 5.74) is 1.31. The zero-order valence-electron chi connectivity index (χ0n) is 12.9. The van der Waals surface area contributed by atoms with Crippen LogP contribution < -0.4 is 5.32 Å². The summed E-state index contributed by atoms with van der Waals surface area (Å²) in [5.74, 6) is -0.236. The minimum absolute atomic E-state index is 0.0291. The molecular formula is C17H16N4O3. The molecule has 1 aromatic carbocycles. The topological polar surface area (TPSA) is 90.1 Å². The lowest BCUT2D eigenvalue weighted by molar-refractivity contribution is -0.384. The molecule has 24 heavy (non-hydrogen) atoms. The van der Waals surface area contributed by atoms with Crippen molar-refractivity contribution in [2.75, 3.05) is 6.54 Å². The first-order chi connectivity index (χ1) is 11.6. The summed E-state index contributed by atoms with van der Waals surface area (Å²) in [5, 5.41) is 14.5. The van der Waals surface area contributed by atoms with Crippen LogP contribution in [-0.2, 0) is 6.54 Å². The van der Waals surface area contributed by atoms with E-state index in [0.29, 0.717) is 12.1 Å². The monoisotopic (exact) mass is 324 g/mol. The molecule has 0 radical (unpaired) electrons. The number of amides is 1. The zero-order chi connectivity index (χ0) is 16.9. The van der Waals surface area contributed by atoms with E-state index in [4.69, 9.17) is 0 Å². The Bertz CT molecular complexity index is 871. The third-order valence-electron chi connectivity index (χ3n) is 3.72. The second-order valence-corrected chi connectivity index (χ2v) is 5.34. The minimum Gasteiger partial charge on any atom is -0.352 e. The molecule has 0 bridgehead atoms. The maximum Gasteiger partial charge on any atom is 0.269 e. The van der Waals surface area contributed by atoms with E-state index in [1.165, 1.54) is 24.3 Å². The number of hydrogen-bond acceptors (Lipinski definition) is 4. The van der Waals surface area contributed by atoms with Crippen LogP contribution in [0.1, 0.15) is 16.8 Å². The van der Waals surface area contributed by atoms with Crippen LogP contribution in [0.3, 0.4) is 0 Å². The van der Waals surface area contributed by atoms with E-state index >= 15 is 0 Å². The number of non-ortho nitro benzene ring substituents is 1. The number of rotatable bonds is 6. The second-order valence-electron chi connectivity index (χ2n) is 5.34. The fourth-order valence-corrected chi connectivity index (χ4v) is 2.49. The van der Waals surface area contributed by atoms with E-state index in [0.717, 1.165) is 24.0 Å². The molecule has 7 nitrogen and oxygen atoms in total. The number of nitro benzene ring substituents is 1. The highest BCUT2D eigenvalue weighted by molar-refractivity contribution is 5.94. The van der Waals surface area contributed by atoms with Crippen molar-refractivity contribution in [1.29, 1.82) is 0 Å². The number of aryl methyl sites for hydroxylation is 1. The van der Waals surface area contributed by atoms with Crippen molar-refractivity contribution < 1.29 is 9.72 Å². The fraction of sp³-hybridized carbons (Fsp3) is 0.176. The van der Waals surface area contributed by atoms with E-state index in [1.54, 1.807) is 6.20 Å². The van der Waals surface area contributed by atoms with Gasteiger partial charge in [0.15, 0.2) is 0 Å². The Balaban J connectivity index is 1.51. The van der Waals surface area contributed by atoms with Crippen molar-refractivity contribution in [2.45, 2.75) is 13.0 Å². The van der Waals surface area contributed by atoms with Crippen molar-refractivity contribution in [1.82, 2.24) is 14.9 Å². The maximum absolute atomic E-state index is 12.0. The van der Waals surface area contributed by atoms with Crippen molar-refractivity contribution in [3.63, 3.8) is 0 Å².